The van der Waals surface area contributed by atoms with E-state index in [2.05, 4.69) is 29.1 Å². The van der Waals surface area contributed by atoms with Crippen LogP contribution in [-0.2, 0) is 45.8 Å². The first kappa shape index (κ1) is 41.6. The molecule has 1 amide bonds. The van der Waals surface area contributed by atoms with Crippen LogP contribution < -0.4 is 11.1 Å². The Hall–Kier alpha value is -3.55. The largest absolute Gasteiger partial charge is 0.481 e. The highest BCUT2D eigenvalue weighted by molar-refractivity contribution is 7.60. The zero-order valence-corrected chi connectivity index (χ0v) is 31.5. The molecule has 2 aromatic heterocycles. The summed E-state index contributed by atoms with van der Waals surface area (Å²) < 4.78 is 68.0. The summed E-state index contributed by atoms with van der Waals surface area (Å²) in [5.74, 6) is -1.76. The third-order valence-electron chi connectivity index (χ3n) is 9.44. The number of hydrogen-bond donors (Lipinski definition) is 10. The lowest BCUT2D eigenvalue weighted by atomic mass is 9.76. The number of fused-ring (bicyclic) bond motifs is 2. The zero-order valence-electron chi connectivity index (χ0n) is 28.9. The Morgan fingerprint density at radius 3 is 2.26 bits per heavy atom. The number of carbonyl (C=O) groups is 1. The van der Waals surface area contributed by atoms with Crippen LogP contribution in [0.4, 0.5) is 5.82 Å². The number of aliphatic hydroxyl groups is 4. The SMILES string of the molecule is Nc1ncnc2c1ncn2[C@@H]1O[C@H](COP(=O)(O)OP(=O)(O)O)[C@@H](OP(=O)(O)OC[C@H]2O[C@@H](N3C=C[C@@H]4C(=C3)C(=O)NC(O)C4c3ccccc3)[C@H](O)[C@@H]2O)[C@H]1O. The molecule has 4 aliphatic rings. The summed E-state index contributed by atoms with van der Waals surface area (Å²) in [5, 5.41) is 46.2. The van der Waals surface area contributed by atoms with Crippen LogP contribution in [0.5, 0.6) is 0 Å². The van der Waals surface area contributed by atoms with Crippen molar-refractivity contribution in [3.63, 3.8) is 0 Å². The van der Waals surface area contributed by atoms with Crippen LogP contribution in [0, 0.1) is 5.92 Å². The smallest absolute Gasteiger partial charge is 0.387 e. The molecule has 25 nitrogen and oxygen atoms in total. The number of carbonyl (C=O) groups excluding carboxylic acids is 1. The third-order valence-corrected chi connectivity index (χ3v) is 12.6. The van der Waals surface area contributed by atoms with E-state index < -0.39 is 110 Å². The summed E-state index contributed by atoms with van der Waals surface area (Å²) in [7, 11) is -16.4. The number of benzene rings is 1. The number of piperidine rings is 1. The third kappa shape index (κ3) is 8.76. The van der Waals surface area contributed by atoms with Crippen molar-refractivity contribution in [2.24, 2.45) is 5.92 Å². The van der Waals surface area contributed by atoms with Gasteiger partial charge in [-0.05, 0) is 5.56 Å². The van der Waals surface area contributed by atoms with E-state index in [0.717, 1.165) is 22.8 Å². The standard InChI is InChI=1S/C29H36N7O18P3/c30-24-19-25(32-11-31-24)36(12-33-19)29-22(39)23(17(52-29)10-50-57(47,48)54-55(42,43)44)53-56(45,46)49-9-16-20(37)21(38)28(51-16)35-7-6-14-15(8-35)26(40)34-27(41)18(14)13-4-2-1-3-5-13/h1-8,11-12,14,16-18,20-23,27-29,37-39,41H,9-10H2,(H,34,40)(H,45,46)(H,47,48)(H2,30,31,32)(H2,42,43,44)/t14-,16-,17-,18?,20-,21-,22-,23-,27?,28-,29-/m1/s1. The molecule has 0 aliphatic carbocycles. The van der Waals surface area contributed by atoms with Crippen molar-refractivity contribution in [1.82, 2.24) is 29.7 Å². The van der Waals surface area contributed by atoms with E-state index in [1.54, 1.807) is 36.4 Å². The van der Waals surface area contributed by atoms with Gasteiger partial charge in [-0.15, -0.1) is 0 Å². The van der Waals surface area contributed by atoms with Gasteiger partial charge >= 0.3 is 23.5 Å². The van der Waals surface area contributed by atoms with Gasteiger partial charge in [-0.1, -0.05) is 36.4 Å². The first-order valence-electron chi connectivity index (χ1n) is 16.7. The lowest BCUT2D eigenvalue weighted by molar-refractivity contribution is -0.124. The van der Waals surface area contributed by atoms with Crippen LogP contribution in [0.25, 0.3) is 11.2 Å². The molecule has 3 fully saturated rings. The van der Waals surface area contributed by atoms with Crippen molar-refractivity contribution in [3.05, 3.63) is 72.6 Å². The lowest BCUT2D eigenvalue weighted by Crippen LogP contribution is -2.51. The van der Waals surface area contributed by atoms with E-state index in [1.165, 1.54) is 17.3 Å². The molecule has 0 bridgehead atoms. The Labute approximate surface area is 320 Å². The number of amides is 1. The minimum atomic E-state index is -5.55. The molecule has 28 heteroatoms. The summed E-state index contributed by atoms with van der Waals surface area (Å²) >= 11 is 0. The first-order valence-corrected chi connectivity index (χ1v) is 21.2. The second-order valence-corrected chi connectivity index (χ2v) is 17.3. The van der Waals surface area contributed by atoms with Crippen LogP contribution >= 0.6 is 23.5 Å². The molecule has 1 aromatic carbocycles. The maximum Gasteiger partial charge on any atom is 0.481 e. The van der Waals surface area contributed by atoms with E-state index in [0.29, 0.717) is 0 Å². The van der Waals surface area contributed by atoms with E-state index >= 15 is 0 Å². The van der Waals surface area contributed by atoms with Gasteiger partial charge in [0.15, 0.2) is 23.9 Å². The molecule has 13 atom stereocenters. The topological polar surface area (TPSA) is 370 Å². The highest BCUT2D eigenvalue weighted by Crippen LogP contribution is 2.58. The highest BCUT2D eigenvalue weighted by Gasteiger charge is 2.52. The van der Waals surface area contributed by atoms with Crippen LogP contribution in [0.3, 0.4) is 0 Å². The minimum Gasteiger partial charge on any atom is -0.387 e. The summed E-state index contributed by atoms with van der Waals surface area (Å²) in [6.45, 7) is -2.03. The number of aliphatic hydroxyl groups excluding tert-OH is 4. The van der Waals surface area contributed by atoms with Gasteiger partial charge in [0.05, 0.1) is 19.5 Å². The number of imidazole rings is 1. The molecule has 3 aromatic rings. The zero-order chi connectivity index (χ0) is 41.0. The van der Waals surface area contributed by atoms with E-state index in [4.69, 9.17) is 34.0 Å². The molecule has 4 aliphatic heterocycles. The monoisotopic (exact) mass is 863 g/mol. The molecule has 0 saturated carbocycles. The van der Waals surface area contributed by atoms with Crippen molar-refractivity contribution < 1.29 is 85.8 Å². The van der Waals surface area contributed by atoms with Gasteiger partial charge in [-0.2, -0.15) is 4.31 Å². The van der Waals surface area contributed by atoms with Crippen molar-refractivity contribution in [1.29, 1.82) is 0 Å². The van der Waals surface area contributed by atoms with E-state index in [-0.39, 0.29) is 22.6 Å². The molecule has 4 unspecified atom stereocenters. The predicted octanol–water partition coefficient (Wildman–Crippen LogP) is -1.60. The second kappa shape index (κ2) is 15.9. The molecular formula is C29H36N7O18P3. The van der Waals surface area contributed by atoms with Crippen molar-refractivity contribution >= 4 is 46.4 Å². The molecule has 57 heavy (non-hydrogen) atoms. The molecule has 310 valence electrons. The number of phosphoric ester groups is 2. The normalized spacial score (nSPS) is 33.8. The average Bonchev–Trinajstić information content (AvgIpc) is 3.79. The van der Waals surface area contributed by atoms with Crippen LogP contribution in [0.1, 0.15) is 17.7 Å². The average molecular weight is 864 g/mol. The Balaban J connectivity index is 1.04. The Morgan fingerprint density at radius 1 is 0.860 bits per heavy atom. The van der Waals surface area contributed by atoms with E-state index in [1.807, 2.05) is 0 Å². The number of ether oxygens (including phenoxy) is 2. The fourth-order valence-electron chi connectivity index (χ4n) is 6.90. The minimum absolute atomic E-state index is 0.0147. The van der Waals surface area contributed by atoms with Crippen LogP contribution in [0.2, 0.25) is 0 Å². The van der Waals surface area contributed by atoms with Gasteiger partial charge in [-0.3, -0.25) is 22.9 Å². The number of nitrogens with two attached hydrogens (primary N) is 1. The Morgan fingerprint density at radius 2 is 1.54 bits per heavy atom. The van der Waals surface area contributed by atoms with Crippen molar-refractivity contribution in [3.8, 4) is 0 Å². The lowest BCUT2D eigenvalue weighted by Gasteiger charge is -2.40. The fraction of sp³-hybridized carbons (Fsp3) is 0.448. The van der Waals surface area contributed by atoms with Gasteiger partial charge < -0.3 is 65.4 Å². The number of allylic oxidation sites excluding steroid dienone is 1. The predicted molar refractivity (Wildman–Crippen MR) is 186 cm³/mol. The molecule has 6 heterocycles. The number of aromatic nitrogens is 4. The summed E-state index contributed by atoms with van der Waals surface area (Å²) in [5.41, 5.74) is 6.88. The summed E-state index contributed by atoms with van der Waals surface area (Å²) in [6, 6.07) is 8.98. The maximum atomic E-state index is 13.3. The molecular weight excluding hydrogens is 827 g/mol. The quantitative estimate of drug-likeness (QED) is 0.0865. The number of nitrogens with zero attached hydrogens (tertiary/aromatic N) is 5. The number of rotatable bonds is 13. The first-order chi connectivity index (χ1) is 26.8. The van der Waals surface area contributed by atoms with E-state index in [9.17, 15) is 48.7 Å². The Kier molecular flexibility index (Phi) is 11.6. The Bertz CT molecular complexity index is 2190. The van der Waals surface area contributed by atoms with Gasteiger partial charge in [0.2, 0.25) is 0 Å². The summed E-state index contributed by atoms with van der Waals surface area (Å²) in [4.78, 5) is 64.6. The van der Waals surface area contributed by atoms with Gasteiger partial charge in [0, 0.05) is 29.8 Å². The second-order valence-electron chi connectivity index (χ2n) is 13.1. The van der Waals surface area contributed by atoms with Gasteiger partial charge in [-0.25, -0.2) is 28.6 Å². The molecule has 0 spiro atoms. The highest BCUT2D eigenvalue weighted by atomic mass is 31.3. The number of nitrogen functional groups attached to an aromatic ring is 1. The number of phosphoric acid groups is 3. The van der Waals surface area contributed by atoms with Crippen molar-refractivity contribution in [2.45, 2.75) is 61.2 Å². The van der Waals surface area contributed by atoms with Crippen LogP contribution in [-0.4, -0.2) is 133 Å². The maximum absolute atomic E-state index is 13.3. The van der Waals surface area contributed by atoms with Gasteiger partial charge in [0.1, 0.15) is 54.7 Å². The molecule has 7 rings (SSSR count). The summed E-state index contributed by atoms with van der Waals surface area (Å²) in [6.07, 6.45) is -7.93. The fourth-order valence-corrected chi connectivity index (χ4v) is 9.46. The van der Waals surface area contributed by atoms with Gasteiger partial charge in [0.25, 0.3) is 5.91 Å². The molecule has 0 radical (unpaired) electrons. The number of nitrogens with one attached hydrogen (secondary N) is 1. The molecule has 11 N–H and O–H groups in total. The molecule has 3 saturated heterocycles. The van der Waals surface area contributed by atoms with Crippen LogP contribution in [0.15, 0.2) is 67.0 Å². The number of hydrogen-bond acceptors (Lipinski definition) is 19. The van der Waals surface area contributed by atoms with Crippen molar-refractivity contribution in [2.75, 3.05) is 18.9 Å². The number of anilines is 1.